The first-order chi connectivity index (χ1) is 13.5. The number of imide groups is 1. The van der Waals surface area contributed by atoms with Crippen LogP contribution in [0.25, 0.3) is 11.1 Å². The van der Waals surface area contributed by atoms with Gasteiger partial charge in [-0.25, -0.2) is 4.21 Å². The van der Waals surface area contributed by atoms with Gasteiger partial charge in [0.15, 0.2) is 0 Å². The van der Waals surface area contributed by atoms with Crippen molar-refractivity contribution in [1.82, 2.24) is 5.06 Å². The maximum atomic E-state index is 12.4. The van der Waals surface area contributed by atoms with Gasteiger partial charge in [0.25, 0.3) is 11.8 Å². The molecular weight excluding hydrogens is 386 g/mol. The van der Waals surface area contributed by atoms with Crippen molar-refractivity contribution in [2.75, 3.05) is 6.61 Å². The first-order valence-electron chi connectivity index (χ1n) is 8.46. The minimum Gasteiger partial charge on any atom is -0.748 e. The molecule has 8 nitrogen and oxygen atoms in total. The van der Waals surface area contributed by atoms with E-state index < -0.39 is 41.5 Å². The molecule has 28 heavy (non-hydrogen) atoms. The molecule has 4 rings (SSSR count). The Kier molecular flexibility index (Phi) is 4.80. The van der Waals surface area contributed by atoms with Crippen molar-refractivity contribution in [1.29, 1.82) is 0 Å². The second-order valence-electron chi connectivity index (χ2n) is 6.42. The van der Waals surface area contributed by atoms with Crippen LogP contribution >= 0.6 is 0 Å². The highest BCUT2D eigenvalue weighted by atomic mass is 32.2. The molecule has 1 aliphatic carbocycles. The molecule has 0 N–H and O–H groups in total. The Hall–Kier alpha value is -2.88. The van der Waals surface area contributed by atoms with E-state index in [0.717, 1.165) is 22.3 Å². The van der Waals surface area contributed by atoms with E-state index in [1.165, 1.54) is 0 Å². The molecule has 2 amide bonds. The molecule has 2 aromatic carbocycles. The number of carbonyl (C=O) groups excluding carboxylic acids is 3. The van der Waals surface area contributed by atoms with Gasteiger partial charge in [-0.3, -0.25) is 14.4 Å². The Morgan fingerprint density at radius 3 is 2.21 bits per heavy atom. The van der Waals surface area contributed by atoms with E-state index in [0.29, 0.717) is 0 Å². The Labute approximate surface area is 162 Å². The second-order valence-corrected chi connectivity index (χ2v) is 6.98. The van der Waals surface area contributed by atoms with Gasteiger partial charge in [-0.15, -0.1) is 5.06 Å². The van der Waals surface area contributed by atoms with Gasteiger partial charge in [0.2, 0.25) is 0 Å². The fourth-order valence-electron chi connectivity index (χ4n) is 3.64. The average molecular weight is 400 g/mol. The lowest BCUT2D eigenvalue weighted by Gasteiger charge is -2.16. The predicted octanol–water partition coefficient (Wildman–Crippen LogP) is 1.44. The SMILES string of the molecule is O=C(OCC1c2ccccc2-c2ccccc21)C1CC(=O)N(OS(=O)[O-])C1=O. The smallest absolute Gasteiger partial charge is 0.319 e. The van der Waals surface area contributed by atoms with Gasteiger partial charge in [-0.05, 0) is 22.3 Å². The van der Waals surface area contributed by atoms with Crippen LogP contribution in [-0.2, 0) is 34.8 Å². The topological polar surface area (TPSA) is 113 Å². The number of fused-ring (bicyclic) bond motifs is 3. The lowest BCUT2D eigenvalue weighted by atomic mass is 9.98. The summed E-state index contributed by atoms with van der Waals surface area (Å²) in [5.74, 6) is -4.45. The number of ether oxygens (including phenoxy) is 1. The van der Waals surface area contributed by atoms with Crippen LogP contribution in [0, 0.1) is 5.92 Å². The van der Waals surface area contributed by atoms with E-state index in [2.05, 4.69) is 4.28 Å². The van der Waals surface area contributed by atoms with Gasteiger partial charge in [0.05, 0.1) is 6.42 Å². The van der Waals surface area contributed by atoms with Crippen LogP contribution in [0.5, 0.6) is 0 Å². The lowest BCUT2D eigenvalue weighted by Crippen LogP contribution is -2.34. The molecule has 0 radical (unpaired) electrons. The highest BCUT2D eigenvalue weighted by Crippen LogP contribution is 2.44. The van der Waals surface area contributed by atoms with E-state index >= 15 is 0 Å². The maximum Gasteiger partial charge on any atom is 0.319 e. The average Bonchev–Trinajstić information content (AvgIpc) is 3.15. The summed E-state index contributed by atoms with van der Waals surface area (Å²) >= 11 is -3.10. The third kappa shape index (κ3) is 3.13. The number of amides is 2. The van der Waals surface area contributed by atoms with Crippen molar-refractivity contribution in [3.63, 3.8) is 0 Å². The molecule has 144 valence electrons. The molecular formula is C19H14NO7S-. The van der Waals surface area contributed by atoms with Gasteiger partial charge in [0, 0.05) is 5.92 Å². The molecule has 2 aromatic rings. The van der Waals surface area contributed by atoms with Crippen LogP contribution < -0.4 is 0 Å². The number of benzene rings is 2. The van der Waals surface area contributed by atoms with Crippen LogP contribution in [0.2, 0.25) is 0 Å². The van der Waals surface area contributed by atoms with Crippen LogP contribution in [0.15, 0.2) is 48.5 Å². The fourth-order valence-corrected chi connectivity index (χ4v) is 3.92. The molecule has 0 spiro atoms. The van der Waals surface area contributed by atoms with Crippen molar-refractivity contribution in [3.05, 3.63) is 59.7 Å². The molecule has 1 saturated heterocycles. The van der Waals surface area contributed by atoms with Crippen LogP contribution in [0.4, 0.5) is 0 Å². The van der Waals surface area contributed by atoms with Gasteiger partial charge in [0.1, 0.15) is 23.9 Å². The summed E-state index contributed by atoms with van der Waals surface area (Å²) in [6, 6.07) is 15.6. The van der Waals surface area contributed by atoms with E-state index in [1.807, 2.05) is 48.5 Å². The number of esters is 1. The second kappa shape index (κ2) is 7.27. The Morgan fingerprint density at radius 1 is 1.07 bits per heavy atom. The van der Waals surface area contributed by atoms with Crippen molar-refractivity contribution in [2.24, 2.45) is 5.92 Å². The van der Waals surface area contributed by atoms with Gasteiger partial charge in [-0.1, -0.05) is 48.5 Å². The summed E-state index contributed by atoms with van der Waals surface area (Å²) in [7, 11) is 0. The van der Waals surface area contributed by atoms with Crippen LogP contribution in [0.3, 0.4) is 0 Å². The first kappa shape index (κ1) is 18.5. The first-order valence-corrected chi connectivity index (χ1v) is 9.46. The summed E-state index contributed by atoms with van der Waals surface area (Å²) in [5, 5.41) is 0.0786. The highest BCUT2D eigenvalue weighted by molar-refractivity contribution is 7.74. The van der Waals surface area contributed by atoms with Gasteiger partial charge < -0.3 is 9.29 Å². The fraction of sp³-hybridized carbons (Fsp3) is 0.211. The molecule has 1 heterocycles. The van der Waals surface area contributed by atoms with E-state index in [4.69, 9.17) is 4.74 Å². The van der Waals surface area contributed by atoms with Crippen molar-refractivity contribution >= 4 is 29.1 Å². The molecule has 2 unspecified atom stereocenters. The predicted molar refractivity (Wildman–Crippen MR) is 94.6 cm³/mol. The Bertz CT molecular complexity index is 960. The summed E-state index contributed by atoms with van der Waals surface area (Å²) in [5.41, 5.74) is 4.14. The Balaban J connectivity index is 1.49. The van der Waals surface area contributed by atoms with Crippen molar-refractivity contribution < 1.29 is 32.2 Å². The van der Waals surface area contributed by atoms with Crippen LogP contribution in [0.1, 0.15) is 23.5 Å². The molecule has 9 heteroatoms. The quantitative estimate of drug-likeness (QED) is 0.323. The third-order valence-corrected chi connectivity index (χ3v) is 5.15. The lowest BCUT2D eigenvalue weighted by molar-refractivity contribution is -0.167. The van der Waals surface area contributed by atoms with Crippen LogP contribution in [-0.4, -0.2) is 38.2 Å². The monoisotopic (exact) mass is 400 g/mol. The molecule has 1 aliphatic heterocycles. The number of hydrogen-bond acceptors (Lipinski definition) is 7. The van der Waals surface area contributed by atoms with Crippen molar-refractivity contribution in [3.8, 4) is 11.1 Å². The zero-order chi connectivity index (χ0) is 19.8. The summed E-state index contributed by atoms with van der Waals surface area (Å²) in [6.07, 6.45) is -0.493. The number of carbonyl (C=O) groups is 3. The van der Waals surface area contributed by atoms with E-state index in [9.17, 15) is 23.1 Å². The minimum atomic E-state index is -3.10. The minimum absolute atomic E-state index is 0.000820. The maximum absolute atomic E-state index is 12.4. The number of hydroxylamine groups is 2. The summed E-state index contributed by atoms with van der Waals surface area (Å²) in [4.78, 5) is 36.2. The normalized spacial score (nSPS) is 19.5. The van der Waals surface area contributed by atoms with E-state index in [1.54, 1.807) is 0 Å². The zero-order valence-corrected chi connectivity index (χ0v) is 15.2. The standard InChI is InChI=1S/C19H15NO7S/c21-17-9-15(18(22)20(17)27-28(24)25)19(23)26-10-16-13-7-3-1-5-11(13)12-6-2-4-8-14(12)16/h1-8,15-16H,9-10H2,(H,24,25)/p-1. The number of rotatable bonds is 5. The highest BCUT2D eigenvalue weighted by Gasteiger charge is 2.46. The van der Waals surface area contributed by atoms with Gasteiger partial charge in [-0.2, -0.15) is 4.28 Å². The summed E-state index contributed by atoms with van der Waals surface area (Å²) in [6.45, 7) is -0.000820. The van der Waals surface area contributed by atoms with E-state index in [-0.39, 0.29) is 17.6 Å². The van der Waals surface area contributed by atoms with Gasteiger partial charge >= 0.3 is 5.97 Å². The Morgan fingerprint density at radius 2 is 1.64 bits per heavy atom. The largest absolute Gasteiger partial charge is 0.748 e. The third-order valence-electron chi connectivity index (χ3n) is 4.88. The molecule has 2 aliphatic rings. The molecule has 0 aromatic heterocycles. The summed E-state index contributed by atoms with van der Waals surface area (Å²) < 4.78 is 30.6. The number of nitrogens with zero attached hydrogens (tertiary/aromatic N) is 1. The zero-order valence-electron chi connectivity index (χ0n) is 14.4. The van der Waals surface area contributed by atoms with Crippen molar-refractivity contribution in [2.45, 2.75) is 12.3 Å². The molecule has 0 saturated carbocycles. The molecule has 1 fully saturated rings. The number of hydrogen-bond donors (Lipinski definition) is 0. The molecule has 0 bridgehead atoms. The molecule has 2 atom stereocenters.